The molecule has 0 bridgehead atoms. The largest absolute Gasteiger partial charge is 0.465 e. The van der Waals surface area contributed by atoms with Gasteiger partial charge >= 0.3 is 0 Å². The summed E-state index contributed by atoms with van der Waals surface area (Å²) in [5.74, 6) is 1.89. The highest BCUT2D eigenvalue weighted by Crippen LogP contribution is 2.15. The molecule has 1 aromatic heterocycles. The van der Waals surface area contributed by atoms with Gasteiger partial charge in [0, 0.05) is 18.7 Å². The van der Waals surface area contributed by atoms with Crippen molar-refractivity contribution in [2.75, 3.05) is 20.3 Å². The van der Waals surface area contributed by atoms with Crippen LogP contribution in [0.1, 0.15) is 30.9 Å². The lowest BCUT2D eigenvalue weighted by Gasteiger charge is -2.04. The molecule has 0 amide bonds. The first kappa shape index (κ1) is 14.2. The maximum Gasteiger partial charge on any atom is 0.118 e. The molecule has 0 spiro atoms. The highest BCUT2D eigenvalue weighted by molar-refractivity contribution is 5.19. The van der Waals surface area contributed by atoms with Crippen molar-refractivity contribution < 1.29 is 13.9 Å². The maximum absolute atomic E-state index is 5.65. The van der Waals surface area contributed by atoms with Crippen molar-refractivity contribution in [2.24, 2.45) is 0 Å². The van der Waals surface area contributed by atoms with Crippen LogP contribution >= 0.6 is 0 Å². The highest BCUT2D eigenvalue weighted by Gasteiger charge is 2.07. The van der Waals surface area contributed by atoms with E-state index in [0.717, 1.165) is 23.6 Å². The Bertz CT molecular complexity index is 320. The molecule has 4 nitrogen and oxygen atoms in total. The standard InChI is InChI=1S/C13H23NO3/c1-10(2)14-8-13-7-12(11(3)17-13)9-16-6-5-15-4/h7,10,14H,5-6,8-9H2,1-4H3. The molecule has 1 N–H and O–H groups in total. The Labute approximate surface area is 103 Å². The summed E-state index contributed by atoms with van der Waals surface area (Å²) in [6.45, 7) is 8.78. The number of methoxy groups -OCH3 is 1. The molecule has 0 atom stereocenters. The zero-order valence-electron chi connectivity index (χ0n) is 11.2. The van der Waals surface area contributed by atoms with E-state index in [4.69, 9.17) is 13.9 Å². The van der Waals surface area contributed by atoms with E-state index < -0.39 is 0 Å². The Morgan fingerprint density at radius 2 is 2.12 bits per heavy atom. The van der Waals surface area contributed by atoms with Crippen LogP contribution < -0.4 is 5.32 Å². The van der Waals surface area contributed by atoms with Gasteiger partial charge in [-0.15, -0.1) is 0 Å². The van der Waals surface area contributed by atoms with Gasteiger partial charge in [-0.3, -0.25) is 0 Å². The zero-order chi connectivity index (χ0) is 12.7. The summed E-state index contributed by atoms with van der Waals surface area (Å²) in [4.78, 5) is 0. The molecule has 1 heterocycles. The number of aryl methyl sites for hydroxylation is 1. The lowest BCUT2D eigenvalue weighted by atomic mass is 10.2. The van der Waals surface area contributed by atoms with Gasteiger partial charge in [-0.2, -0.15) is 0 Å². The second-order valence-corrected chi connectivity index (χ2v) is 4.38. The Kier molecular flexibility index (Phi) is 6.26. The summed E-state index contributed by atoms with van der Waals surface area (Å²) in [5, 5.41) is 3.32. The van der Waals surface area contributed by atoms with Gasteiger partial charge in [0.2, 0.25) is 0 Å². The normalized spacial score (nSPS) is 11.4. The van der Waals surface area contributed by atoms with Crippen molar-refractivity contribution >= 4 is 0 Å². The van der Waals surface area contributed by atoms with Crippen LogP contribution in [0.15, 0.2) is 10.5 Å². The molecule has 1 rings (SSSR count). The van der Waals surface area contributed by atoms with Gasteiger partial charge in [0.05, 0.1) is 26.4 Å². The van der Waals surface area contributed by atoms with Gasteiger partial charge in [-0.05, 0) is 13.0 Å². The third kappa shape index (κ3) is 5.35. The zero-order valence-corrected chi connectivity index (χ0v) is 11.2. The third-order valence-corrected chi connectivity index (χ3v) is 2.45. The molecule has 0 aliphatic rings. The van der Waals surface area contributed by atoms with Crippen LogP contribution in [0.5, 0.6) is 0 Å². The van der Waals surface area contributed by atoms with Gasteiger partial charge in [0.15, 0.2) is 0 Å². The number of nitrogens with one attached hydrogen (secondary N) is 1. The Balaban J connectivity index is 2.39. The number of hydrogen-bond acceptors (Lipinski definition) is 4. The van der Waals surface area contributed by atoms with Gasteiger partial charge in [0.1, 0.15) is 11.5 Å². The molecular formula is C13H23NO3. The second-order valence-electron chi connectivity index (χ2n) is 4.38. The average molecular weight is 241 g/mol. The molecule has 0 aliphatic carbocycles. The van der Waals surface area contributed by atoms with Crippen LogP contribution in [0.25, 0.3) is 0 Å². The minimum atomic E-state index is 0.460. The van der Waals surface area contributed by atoms with Gasteiger partial charge in [-0.1, -0.05) is 13.8 Å². The Hall–Kier alpha value is -0.840. The average Bonchev–Trinajstić information content (AvgIpc) is 2.63. The molecule has 4 heteroatoms. The maximum atomic E-state index is 5.65. The second kappa shape index (κ2) is 7.48. The summed E-state index contributed by atoms with van der Waals surface area (Å²) < 4.78 is 16.0. The van der Waals surface area contributed by atoms with E-state index in [1.54, 1.807) is 7.11 Å². The molecule has 0 radical (unpaired) electrons. The molecule has 1 aromatic rings. The van der Waals surface area contributed by atoms with Crippen LogP contribution in [-0.2, 0) is 22.6 Å². The fraction of sp³-hybridized carbons (Fsp3) is 0.692. The molecule has 98 valence electrons. The van der Waals surface area contributed by atoms with Crippen LogP contribution in [0, 0.1) is 6.92 Å². The van der Waals surface area contributed by atoms with Crippen molar-refractivity contribution in [3.63, 3.8) is 0 Å². The van der Waals surface area contributed by atoms with Crippen molar-refractivity contribution in [1.82, 2.24) is 5.32 Å². The first-order valence-corrected chi connectivity index (χ1v) is 6.01. The van der Waals surface area contributed by atoms with E-state index in [1.807, 2.05) is 6.92 Å². The molecular weight excluding hydrogens is 218 g/mol. The van der Waals surface area contributed by atoms with Crippen LogP contribution in [-0.4, -0.2) is 26.4 Å². The molecule has 0 saturated carbocycles. The minimum absolute atomic E-state index is 0.460. The summed E-state index contributed by atoms with van der Waals surface area (Å²) in [7, 11) is 1.67. The summed E-state index contributed by atoms with van der Waals surface area (Å²) in [6.07, 6.45) is 0. The predicted molar refractivity (Wildman–Crippen MR) is 67.0 cm³/mol. The first-order valence-electron chi connectivity index (χ1n) is 6.01. The van der Waals surface area contributed by atoms with Gasteiger partial charge in [-0.25, -0.2) is 0 Å². The van der Waals surface area contributed by atoms with Crippen molar-refractivity contribution in [1.29, 1.82) is 0 Å². The third-order valence-electron chi connectivity index (χ3n) is 2.45. The SMILES string of the molecule is COCCOCc1cc(CNC(C)C)oc1C. The van der Waals surface area contributed by atoms with E-state index in [-0.39, 0.29) is 0 Å². The fourth-order valence-electron chi connectivity index (χ4n) is 1.45. The summed E-state index contributed by atoms with van der Waals surface area (Å²) in [5.41, 5.74) is 1.11. The van der Waals surface area contributed by atoms with Crippen LogP contribution in [0.3, 0.4) is 0 Å². The summed E-state index contributed by atoms with van der Waals surface area (Å²) >= 11 is 0. The molecule has 0 fully saturated rings. The predicted octanol–water partition coefficient (Wildman–Crippen LogP) is 2.25. The molecule has 0 aromatic carbocycles. The molecule has 17 heavy (non-hydrogen) atoms. The number of hydrogen-bond donors (Lipinski definition) is 1. The van der Waals surface area contributed by atoms with Crippen LogP contribution in [0.4, 0.5) is 0 Å². The highest BCUT2D eigenvalue weighted by atomic mass is 16.5. The van der Waals surface area contributed by atoms with Gasteiger partial charge in [0.25, 0.3) is 0 Å². The first-order chi connectivity index (χ1) is 8.13. The Morgan fingerprint density at radius 1 is 1.35 bits per heavy atom. The summed E-state index contributed by atoms with van der Waals surface area (Å²) in [6, 6.07) is 2.51. The van der Waals surface area contributed by atoms with E-state index in [2.05, 4.69) is 25.2 Å². The number of ether oxygens (including phenoxy) is 2. The van der Waals surface area contributed by atoms with Crippen LogP contribution in [0.2, 0.25) is 0 Å². The van der Waals surface area contributed by atoms with E-state index in [1.165, 1.54) is 0 Å². The van der Waals surface area contributed by atoms with E-state index in [0.29, 0.717) is 25.9 Å². The fourth-order valence-corrected chi connectivity index (χ4v) is 1.45. The molecule has 0 unspecified atom stereocenters. The number of furan rings is 1. The van der Waals surface area contributed by atoms with Crippen molar-refractivity contribution in [2.45, 2.75) is 40.0 Å². The van der Waals surface area contributed by atoms with Crippen molar-refractivity contribution in [3.8, 4) is 0 Å². The number of rotatable bonds is 8. The smallest absolute Gasteiger partial charge is 0.118 e. The lowest BCUT2D eigenvalue weighted by Crippen LogP contribution is -2.21. The van der Waals surface area contributed by atoms with E-state index in [9.17, 15) is 0 Å². The van der Waals surface area contributed by atoms with E-state index >= 15 is 0 Å². The molecule has 0 aliphatic heterocycles. The monoisotopic (exact) mass is 241 g/mol. The lowest BCUT2D eigenvalue weighted by molar-refractivity contribution is 0.0611. The minimum Gasteiger partial charge on any atom is -0.465 e. The quantitative estimate of drug-likeness (QED) is 0.709. The Morgan fingerprint density at radius 3 is 2.76 bits per heavy atom. The topological polar surface area (TPSA) is 43.6 Å². The van der Waals surface area contributed by atoms with Gasteiger partial charge < -0.3 is 19.2 Å². The van der Waals surface area contributed by atoms with Crippen molar-refractivity contribution in [3.05, 3.63) is 23.2 Å². The molecule has 0 saturated heterocycles.